The van der Waals surface area contributed by atoms with E-state index < -0.39 is 0 Å². The molecule has 1 amide bonds. The van der Waals surface area contributed by atoms with Crippen LogP contribution in [0.3, 0.4) is 0 Å². The van der Waals surface area contributed by atoms with Gasteiger partial charge >= 0.3 is 0 Å². The standard InChI is InChI=1S/C11H15N3O2/c1-7-2-10(13-16-7)11(15)14-6-8-3-9(14)5-12-4-8/h2,8-9,12H,3-6H2,1H3. The van der Waals surface area contributed by atoms with Gasteiger partial charge in [0.05, 0.1) is 0 Å². The summed E-state index contributed by atoms with van der Waals surface area (Å²) in [7, 11) is 0. The van der Waals surface area contributed by atoms with Crippen LogP contribution in [0.25, 0.3) is 0 Å². The summed E-state index contributed by atoms with van der Waals surface area (Å²) < 4.78 is 4.94. The molecule has 2 bridgehead atoms. The highest BCUT2D eigenvalue weighted by Gasteiger charge is 2.38. The topological polar surface area (TPSA) is 58.4 Å². The SMILES string of the molecule is Cc1cc(C(=O)N2CC3CNCC2C3)no1. The van der Waals surface area contributed by atoms with Crippen LogP contribution in [-0.4, -0.2) is 41.6 Å². The van der Waals surface area contributed by atoms with E-state index in [1.165, 1.54) is 0 Å². The summed E-state index contributed by atoms with van der Waals surface area (Å²) in [5, 5.41) is 7.14. The Hall–Kier alpha value is -1.36. The summed E-state index contributed by atoms with van der Waals surface area (Å²) in [6.07, 6.45) is 1.12. The molecule has 3 rings (SSSR count). The van der Waals surface area contributed by atoms with Crippen molar-refractivity contribution in [3.05, 3.63) is 17.5 Å². The maximum absolute atomic E-state index is 12.2. The Morgan fingerprint density at radius 3 is 3.19 bits per heavy atom. The number of carbonyl (C=O) groups is 1. The lowest BCUT2D eigenvalue weighted by Gasteiger charge is -2.24. The van der Waals surface area contributed by atoms with Crippen molar-refractivity contribution in [3.63, 3.8) is 0 Å². The van der Waals surface area contributed by atoms with E-state index in [9.17, 15) is 4.79 Å². The Balaban J connectivity index is 1.80. The number of hydrogen-bond donors (Lipinski definition) is 1. The summed E-state index contributed by atoms with van der Waals surface area (Å²) in [6.45, 7) is 4.58. The zero-order valence-corrected chi connectivity index (χ0v) is 9.27. The molecule has 1 N–H and O–H groups in total. The molecule has 0 aliphatic carbocycles. The van der Waals surface area contributed by atoms with Crippen LogP contribution in [0, 0.1) is 12.8 Å². The number of nitrogens with zero attached hydrogens (tertiary/aromatic N) is 2. The predicted molar refractivity (Wildman–Crippen MR) is 57.0 cm³/mol. The molecule has 2 unspecified atom stereocenters. The normalized spacial score (nSPS) is 28.4. The number of aryl methyl sites for hydroxylation is 1. The summed E-state index contributed by atoms with van der Waals surface area (Å²) in [4.78, 5) is 14.1. The van der Waals surface area contributed by atoms with Crippen LogP contribution >= 0.6 is 0 Å². The number of fused-ring (bicyclic) bond motifs is 2. The third kappa shape index (κ3) is 1.51. The second kappa shape index (κ2) is 3.59. The first-order valence-electron chi connectivity index (χ1n) is 5.69. The van der Waals surface area contributed by atoms with E-state index in [1.54, 1.807) is 13.0 Å². The molecule has 0 saturated carbocycles. The molecule has 86 valence electrons. The van der Waals surface area contributed by atoms with Crippen LogP contribution in [0.5, 0.6) is 0 Å². The predicted octanol–water partition coefficient (Wildman–Crippen LogP) is 0.417. The molecule has 3 heterocycles. The van der Waals surface area contributed by atoms with Crippen LogP contribution in [0.1, 0.15) is 22.7 Å². The molecule has 2 saturated heterocycles. The molecular formula is C11H15N3O2. The van der Waals surface area contributed by atoms with Crippen molar-refractivity contribution in [2.75, 3.05) is 19.6 Å². The van der Waals surface area contributed by atoms with Crippen molar-refractivity contribution >= 4 is 5.91 Å². The quantitative estimate of drug-likeness (QED) is 0.746. The highest BCUT2D eigenvalue weighted by Crippen LogP contribution is 2.27. The Morgan fingerprint density at radius 1 is 1.62 bits per heavy atom. The zero-order valence-electron chi connectivity index (χ0n) is 9.27. The van der Waals surface area contributed by atoms with E-state index >= 15 is 0 Å². The molecule has 1 aromatic rings. The largest absolute Gasteiger partial charge is 0.361 e. The lowest BCUT2D eigenvalue weighted by Crippen LogP contribution is -2.41. The lowest BCUT2D eigenvalue weighted by molar-refractivity contribution is 0.0729. The summed E-state index contributed by atoms with van der Waals surface area (Å²) >= 11 is 0. The molecule has 16 heavy (non-hydrogen) atoms. The number of rotatable bonds is 1. The Labute approximate surface area is 93.8 Å². The fourth-order valence-electron chi connectivity index (χ4n) is 2.67. The number of hydrogen-bond acceptors (Lipinski definition) is 4. The molecule has 0 aromatic carbocycles. The van der Waals surface area contributed by atoms with Gasteiger partial charge in [0, 0.05) is 25.2 Å². The second-order valence-corrected chi connectivity index (χ2v) is 4.69. The highest BCUT2D eigenvalue weighted by atomic mass is 16.5. The molecule has 2 aliphatic heterocycles. The number of piperidine rings is 1. The Bertz CT molecular complexity index is 415. The van der Waals surface area contributed by atoms with Gasteiger partial charge in [-0.25, -0.2) is 0 Å². The summed E-state index contributed by atoms with van der Waals surface area (Å²) in [6, 6.07) is 2.04. The number of carbonyl (C=O) groups excluding carboxylic acids is 1. The minimum atomic E-state index is 0.00745. The van der Waals surface area contributed by atoms with Crippen molar-refractivity contribution in [3.8, 4) is 0 Å². The van der Waals surface area contributed by atoms with Crippen molar-refractivity contribution in [1.82, 2.24) is 15.4 Å². The summed E-state index contributed by atoms with van der Waals surface area (Å²) in [5.41, 5.74) is 0.435. The van der Waals surface area contributed by atoms with Crippen LogP contribution < -0.4 is 5.32 Å². The average molecular weight is 221 g/mol. The van der Waals surface area contributed by atoms with E-state index in [2.05, 4.69) is 10.5 Å². The Kier molecular flexibility index (Phi) is 2.21. The monoisotopic (exact) mass is 221 g/mol. The van der Waals surface area contributed by atoms with Gasteiger partial charge in [-0.2, -0.15) is 0 Å². The molecule has 1 aromatic heterocycles. The molecule has 2 atom stereocenters. The second-order valence-electron chi connectivity index (χ2n) is 4.69. The molecule has 5 nitrogen and oxygen atoms in total. The van der Waals surface area contributed by atoms with Crippen molar-refractivity contribution in [1.29, 1.82) is 0 Å². The number of likely N-dealkylation sites (tertiary alicyclic amines) is 1. The third-order valence-electron chi connectivity index (χ3n) is 3.42. The molecule has 2 aliphatic rings. The van der Waals surface area contributed by atoms with Gasteiger partial charge in [-0.15, -0.1) is 0 Å². The number of aromatic nitrogens is 1. The van der Waals surface area contributed by atoms with Crippen molar-refractivity contribution in [2.24, 2.45) is 5.92 Å². The highest BCUT2D eigenvalue weighted by molar-refractivity contribution is 5.92. The van der Waals surface area contributed by atoms with E-state index in [0.717, 1.165) is 26.1 Å². The molecule has 5 heteroatoms. The summed E-state index contributed by atoms with van der Waals surface area (Å²) in [5.74, 6) is 1.30. The molecular weight excluding hydrogens is 206 g/mol. The minimum absolute atomic E-state index is 0.00745. The third-order valence-corrected chi connectivity index (χ3v) is 3.42. The van der Waals surface area contributed by atoms with Crippen LogP contribution in [-0.2, 0) is 0 Å². The van der Waals surface area contributed by atoms with E-state index in [-0.39, 0.29) is 5.91 Å². The van der Waals surface area contributed by atoms with Gasteiger partial charge in [0.25, 0.3) is 5.91 Å². The maximum atomic E-state index is 12.2. The smallest absolute Gasteiger partial charge is 0.276 e. The molecule has 0 spiro atoms. The first kappa shape index (κ1) is 9.84. The average Bonchev–Trinajstić information content (AvgIpc) is 2.83. The zero-order chi connectivity index (χ0) is 11.1. The van der Waals surface area contributed by atoms with Gasteiger partial charge in [0.15, 0.2) is 5.69 Å². The fraction of sp³-hybridized carbons (Fsp3) is 0.636. The van der Waals surface area contributed by atoms with Gasteiger partial charge in [-0.3, -0.25) is 4.79 Å². The van der Waals surface area contributed by atoms with Crippen LogP contribution in [0.15, 0.2) is 10.6 Å². The van der Waals surface area contributed by atoms with Gasteiger partial charge in [-0.05, 0) is 25.8 Å². The van der Waals surface area contributed by atoms with Gasteiger partial charge in [0.1, 0.15) is 5.76 Å². The fourth-order valence-corrected chi connectivity index (χ4v) is 2.67. The van der Waals surface area contributed by atoms with Crippen LogP contribution in [0.2, 0.25) is 0 Å². The number of amides is 1. The Morgan fingerprint density at radius 2 is 2.50 bits per heavy atom. The molecule has 0 radical (unpaired) electrons. The van der Waals surface area contributed by atoms with Crippen LogP contribution in [0.4, 0.5) is 0 Å². The first-order chi connectivity index (χ1) is 7.74. The first-order valence-corrected chi connectivity index (χ1v) is 5.69. The lowest BCUT2D eigenvalue weighted by atomic mass is 10.0. The van der Waals surface area contributed by atoms with Crippen molar-refractivity contribution in [2.45, 2.75) is 19.4 Å². The maximum Gasteiger partial charge on any atom is 0.276 e. The number of nitrogens with one attached hydrogen (secondary N) is 1. The van der Waals surface area contributed by atoms with Crippen molar-refractivity contribution < 1.29 is 9.32 Å². The molecule has 2 fully saturated rings. The van der Waals surface area contributed by atoms with Gasteiger partial charge in [0.2, 0.25) is 0 Å². The van der Waals surface area contributed by atoms with Gasteiger partial charge in [-0.1, -0.05) is 5.16 Å². The van der Waals surface area contributed by atoms with E-state index in [1.807, 2.05) is 4.90 Å². The van der Waals surface area contributed by atoms with Gasteiger partial charge < -0.3 is 14.7 Å². The van der Waals surface area contributed by atoms with E-state index in [4.69, 9.17) is 4.52 Å². The minimum Gasteiger partial charge on any atom is -0.361 e. The van der Waals surface area contributed by atoms with E-state index in [0.29, 0.717) is 23.4 Å².